The largest absolute Gasteiger partial charge is 0.336 e. The summed E-state index contributed by atoms with van der Waals surface area (Å²) in [6, 6.07) is 13.5. The first-order chi connectivity index (χ1) is 12.7. The second-order valence-corrected chi connectivity index (χ2v) is 8.07. The van der Waals surface area contributed by atoms with Crippen LogP contribution in [0.4, 0.5) is 0 Å². The van der Waals surface area contributed by atoms with Crippen molar-refractivity contribution in [1.29, 1.82) is 0 Å². The molecule has 0 unspecified atom stereocenters. The van der Waals surface area contributed by atoms with E-state index in [0.717, 1.165) is 48.3 Å². The molecule has 1 aromatic carbocycles. The number of rotatable bonds is 4. The maximum Gasteiger partial charge on any atom is 0.253 e. The second kappa shape index (κ2) is 7.61. The lowest BCUT2D eigenvalue weighted by molar-refractivity contribution is 0.0629. The summed E-state index contributed by atoms with van der Waals surface area (Å²) in [6.07, 6.45) is 3.62. The molecule has 3 aromatic rings. The normalized spacial score (nSPS) is 15.3. The molecule has 1 saturated heterocycles. The van der Waals surface area contributed by atoms with Crippen molar-refractivity contribution in [3.63, 3.8) is 0 Å². The van der Waals surface area contributed by atoms with Gasteiger partial charge in [-0.25, -0.2) is 4.68 Å². The first-order valence-electron chi connectivity index (χ1n) is 8.55. The first-order valence-corrected chi connectivity index (χ1v) is 9.74. The summed E-state index contributed by atoms with van der Waals surface area (Å²) in [7, 11) is 0. The highest BCUT2D eigenvalue weighted by molar-refractivity contribution is 7.16. The van der Waals surface area contributed by atoms with Gasteiger partial charge in [0.2, 0.25) is 0 Å². The van der Waals surface area contributed by atoms with Crippen molar-refractivity contribution in [2.75, 3.05) is 26.2 Å². The van der Waals surface area contributed by atoms with E-state index in [1.807, 2.05) is 47.5 Å². The number of piperazine rings is 1. The molecule has 134 valence electrons. The highest BCUT2D eigenvalue weighted by Gasteiger charge is 2.22. The molecule has 0 saturated carbocycles. The lowest BCUT2D eigenvalue weighted by Gasteiger charge is -2.34. The van der Waals surface area contributed by atoms with Crippen LogP contribution in [0.25, 0.3) is 5.69 Å². The number of aromatic nitrogens is 2. The lowest BCUT2D eigenvalue weighted by atomic mass is 10.1. The van der Waals surface area contributed by atoms with Crippen LogP contribution in [0.15, 0.2) is 54.9 Å². The Morgan fingerprint density at radius 1 is 1.08 bits per heavy atom. The summed E-state index contributed by atoms with van der Waals surface area (Å²) in [6.45, 7) is 4.16. The standard InChI is InChI=1S/C19H19ClN4OS/c20-18-7-6-17(26-18)14-22-10-12-23(13-11-22)19(25)15-2-4-16(5-3-15)24-9-1-8-21-24/h1-9H,10-14H2. The number of thiophene rings is 1. The van der Waals surface area contributed by atoms with E-state index in [1.54, 1.807) is 22.2 Å². The second-order valence-electron chi connectivity index (χ2n) is 6.27. The zero-order valence-electron chi connectivity index (χ0n) is 14.2. The molecule has 0 N–H and O–H groups in total. The maximum absolute atomic E-state index is 12.7. The number of carbonyl (C=O) groups excluding carboxylic acids is 1. The van der Waals surface area contributed by atoms with E-state index in [0.29, 0.717) is 0 Å². The summed E-state index contributed by atoms with van der Waals surface area (Å²) in [5.74, 6) is 0.0934. The fourth-order valence-electron chi connectivity index (χ4n) is 3.13. The van der Waals surface area contributed by atoms with Gasteiger partial charge >= 0.3 is 0 Å². The predicted octanol–water partition coefficient (Wildman–Crippen LogP) is 3.55. The van der Waals surface area contributed by atoms with E-state index >= 15 is 0 Å². The summed E-state index contributed by atoms with van der Waals surface area (Å²) in [5, 5.41) is 4.20. The van der Waals surface area contributed by atoms with Gasteiger partial charge in [-0.2, -0.15) is 5.10 Å². The van der Waals surface area contributed by atoms with E-state index in [4.69, 9.17) is 11.6 Å². The summed E-state index contributed by atoms with van der Waals surface area (Å²) in [5.41, 5.74) is 1.67. The first kappa shape index (κ1) is 17.3. The molecule has 0 bridgehead atoms. The highest BCUT2D eigenvalue weighted by atomic mass is 35.5. The number of nitrogens with zero attached hydrogens (tertiary/aromatic N) is 4. The number of hydrogen-bond donors (Lipinski definition) is 0. The molecular formula is C19H19ClN4OS. The Morgan fingerprint density at radius 3 is 2.46 bits per heavy atom. The van der Waals surface area contributed by atoms with Crippen molar-refractivity contribution in [1.82, 2.24) is 19.6 Å². The fraction of sp³-hybridized carbons (Fsp3) is 0.263. The van der Waals surface area contributed by atoms with Crippen LogP contribution in [0.5, 0.6) is 0 Å². The Labute approximate surface area is 161 Å². The van der Waals surface area contributed by atoms with E-state index in [9.17, 15) is 4.79 Å². The molecule has 1 amide bonds. The molecule has 1 aliphatic rings. The van der Waals surface area contributed by atoms with Crippen LogP contribution in [-0.2, 0) is 6.54 Å². The Kier molecular flexibility index (Phi) is 5.06. The van der Waals surface area contributed by atoms with Crippen molar-refractivity contribution in [2.24, 2.45) is 0 Å². The minimum Gasteiger partial charge on any atom is -0.336 e. The molecule has 4 rings (SSSR count). The third-order valence-electron chi connectivity index (χ3n) is 4.55. The minimum atomic E-state index is 0.0934. The van der Waals surface area contributed by atoms with Crippen LogP contribution in [0, 0.1) is 0 Å². The van der Waals surface area contributed by atoms with Gasteiger partial charge < -0.3 is 4.90 Å². The van der Waals surface area contributed by atoms with Crippen molar-refractivity contribution < 1.29 is 4.79 Å². The van der Waals surface area contributed by atoms with Crippen LogP contribution in [0.2, 0.25) is 4.34 Å². The van der Waals surface area contributed by atoms with Gasteiger partial charge in [0.1, 0.15) is 0 Å². The summed E-state index contributed by atoms with van der Waals surface area (Å²) in [4.78, 5) is 18.3. The fourth-order valence-corrected chi connectivity index (χ4v) is 4.26. The molecule has 0 atom stereocenters. The SMILES string of the molecule is O=C(c1ccc(-n2cccn2)cc1)N1CCN(Cc2ccc(Cl)s2)CC1. The number of hydrogen-bond acceptors (Lipinski definition) is 4. The van der Waals surface area contributed by atoms with Gasteiger partial charge in [-0.1, -0.05) is 11.6 Å². The number of halogens is 1. The molecule has 1 aliphatic heterocycles. The third-order valence-corrected chi connectivity index (χ3v) is 5.77. The van der Waals surface area contributed by atoms with Crippen molar-refractivity contribution in [3.8, 4) is 5.69 Å². The van der Waals surface area contributed by atoms with Gasteiger partial charge in [0, 0.05) is 55.6 Å². The average Bonchev–Trinajstić information content (AvgIpc) is 3.34. The highest BCUT2D eigenvalue weighted by Crippen LogP contribution is 2.23. The van der Waals surface area contributed by atoms with Gasteiger partial charge in [0.15, 0.2) is 0 Å². The summed E-state index contributed by atoms with van der Waals surface area (Å²) < 4.78 is 2.61. The average molecular weight is 387 g/mol. The zero-order valence-corrected chi connectivity index (χ0v) is 15.8. The van der Waals surface area contributed by atoms with Gasteiger partial charge in [-0.05, 0) is 42.5 Å². The molecule has 0 spiro atoms. The molecule has 26 heavy (non-hydrogen) atoms. The Bertz CT molecular complexity index is 867. The molecule has 2 aromatic heterocycles. The maximum atomic E-state index is 12.7. The monoisotopic (exact) mass is 386 g/mol. The number of benzene rings is 1. The van der Waals surface area contributed by atoms with Crippen LogP contribution in [0.1, 0.15) is 15.2 Å². The van der Waals surface area contributed by atoms with E-state index in [1.165, 1.54) is 4.88 Å². The minimum absolute atomic E-state index is 0.0934. The van der Waals surface area contributed by atoms with Crippen molar-refractivity contribution in [2.45, 2.75) is 6.54 Å². The zero-order chi connectivity index (χ0) is 17.9. The Balaban J connectivity index is 1.34. The van der Waals surface area contributed by atoms with Crippen molar-refractivity contribution in [3.05, 3.63) is 69.6 Å². The lowest BCUT2D eigenvalue weighted by Crippen LogP contribution is -2.48. The van der Waals surface area contributed by atoms with E-state index < -0.39 is 0 Å². The van der Waals surface area contributed by atoms with E-state index in [2.05, 4.69) is 16.1 Å². The predicted molar refractivity (Wildman–Crippen MR) is 104 cm³/mol. The molecular weight excluding hydrogens is 368 g/mol. The Hall–Kier alpha value is -2.15. The van der Waals surface area contributed by atoms with Crippen LogP contribution < -0.4 is 0 Å². The molecule has 3 heterocycles. The number of carbonyl (C=O) groups is 1. The number of amides is 1. The van der Waals surface area contributed by atoms with E-state index in [-0.39, 0.29) is 5.91 Å². The molecule has 5 nitrogen and oxygen atoms in total. The smallest absolute Gasteiger partial charge is 0.253 e. The quantitative estimate of drug-likeness (QED) is 0.688. The van der Waals surface area contributed by atoms with Gasteiger partial charge in [-0.15, -0.1) is 11.3 Å². The van der Waals surface area contributed by atoms with Gasteiger partial charge in [0.25, 0.3) is 5.91 Å². The molecule has 7 heteroatoms. The molecule has 0 aliphatic carbocycles. The Morgan fingerprint density at radius 2 is 1.85 bits per heavy atom. The third kappa shape index (κ3) is 3.82. The molecule has 1 fully saturated rings. The van der Waals surface area contributed by atoms with Crippen LogP contribution >= 0.6 is 22.9 Å². The van der Waals surface area contributed by atoms with Crippen LogP contribution in [-0.4, -0.2) is 51.7 Å². The summed E-state index contributed by atoms with van der Waals surface area (Å²) >= 11 is 7.62. The van der Waals surface area contributed by atoms with Crippen molar-refractivity contribution >= 4 is 28.8 Å². The van der Waals surface area contributed by atoms with Gasteiger partial charge in [-0.3, -0.25) is 9.69 Å². The van der Waals surface area contributed by atoms with Gasteiger partial charge in [0.05, 0.1) is 10.0 Å². The topological polar surface area (TPSA) is 41.4 Å². The molecule has 0 radical (unpaired) electrons. The van der Waals surface area contributed by atoms with Crippen LogP contribution in [0.3, 0.4) is 0 Å².